The van der Waals surface area contributed by atoms with E-state index in [1.54, 1.807) is 36.4 Å². The van der Waals surface area contributed by atoms with Crippen molar-refractivity contribution in [3.8, 4) is 17.6 Å². The number of halogens is 1. The predicted octanol–water partition coefficient (Wildman–Crippen LogP) is 4.01. The molecule has 0 spiro atoms. The van der Waals surface area contributed by atoms with E-state index in [2.05, 4.69) is 21.2 Å². The van der Waals surface area contributed by atoms with Crippen LogP contribution in [-0.4, -0.2) is 19.6 Å². The molecule has 0 aliphatic rings. The molecule has 122 valence electrons. The van der Waals surface area contributed by atoms with Crippen molar-refractivity contribution in [3.63, 3.8) is 0 Å². The maximum absolute atomic E-state index is 11.9. The highest BCUT2D eigenvalue weighted by atomic mass is 79.9. The van der Waals surface area contributed by atoms with E-state index in [9.17, 15) is 4.79 Å². The van der Waals surface area contributed by atoms with Gasteiger partial charge in [0.05, 0.1) is 7.11 Å². The van der Waals surface area contributed by atoms with E-state index >= 15 is 0 Å². The topological polar surface area (TPSA) is 71.3 Å². The van der Waals surface area contributed by atoms with Gasteiger partial charge in [-0.05, 0) is 48.0 Å². The fraction of sp³-hybridized carbons (Fsp3) is 0.111. The van der Waals surface area contributed by atoms with Crippen LogP contribution in [0, 0.1) is 11.3 Å². The van der Waals surface area contributed by atoms with Crippen LogP contribution in [0.3, 0.4) is 0 Å². The third-order valence-corrected chi connectivity index (χ3v) is 3.55. The molecule has 0 fully saturated rings. The summed E-state index contributed by atoms with van der Waals surface area (Å²) in [6.45, 7) is -0.0544. The van der Waals surface area contributed by atoms with Crippen LogP contribution in [0.5, 0.6) is 11.5 Å². The van der Waals surface area contributed by atoms with Gasteiger partial charge < -0.3 is 14.8 Å². The minimum atomic E-state index is -0.235. The molecule has 2 aromatic rings. The number of rotatable bonds is 6. The lowest BCUT2D eigenvalue weighted by molar-refractivity contribution is -0.111. The average Bonchev–Trinajstić information content (AvgIpc) is 2.60. The molecule has 0 atom stereocenters. The van der Waals surface area contributed by atoms with Crippen LogP contribution in [0.25, 0.3) is 6.08 Å². The van der Waals surface area contributed by atoms with E-state index in [4.69, 9.17) is 14.7 Å². The summed E-state index contributed by atoms with van der Waals surface area (Å²) in [5.74, 6) is 0.748. The lowest BCUT2D eigenvalue weighted by Gasteiger charge is -2.08. The van der Waals surface area contributed by atoms with E-state index < -0.39 is 0 Å². The Labute approximate surface area is 148 Å². The molecule has 0 unspecified atom stereocenters. The largest absolute Gasteiger partial charge is 0.493 e. The third kappa shape index (κ3) is 5.14. The number of hydrogen-bond acceptors (Lipinski definition) is 4. The third-order valence-electron chi connectivity index (χ3n) is 3.02. The van der Waals surface area contributed by atoms with E-state index in [1.807, 2.05) is 18.2 Å². The molecule has 0 saturated carbocycles. The minimum Gasteiger partial charge on any atom is -0.493 e. The van der Waals surface area contributed by atoms with Crippen molar-refractivity contribution >= 4 is 33.6 Å². The zero-order valence-corrected chi connectivity index (χ0v) is 14.5. The number of nitrogens with zero attached hydrogens (tertiary/aromatic N) is 1. The number of ether oxygens (including phenoxy) is 2. The Balaban J connectivity index is 2.03. The summed E-state index contributed by atoms with van der Waals surface area (Å²) in [5.41, 5.74) is 1.49. The first kappa shape index (κ1) is 17.6. The Morgan fingerprint density at radius 3 is 2.67 bits per heavy atom. The average molecular weight is 387 g/mol. The number of hydrogen-bond donors (Lipinski definition) is 1. The van der Waals surface area contributed by atoms with Gasteiger partial charge in [-0.2, -0.15) is 5.26 Å². The summed E-state index contributed by atoms with van der Waals surface area (Å²) in [7, 11) is 1.52. The van der Waals surface area contributed by atoms with Gasteiger partial charge >= 0.3 is 0 Å². The number of carbonyl (C=O) groups is 1. The van der Waals surface area contributed by atoms with Crippen LogP contribution in [0.4, 0.5) is 5.69 Å². The van der Waals surface area contributed by atoms with E-state index in [0.29, 0.717) is 17.2 Å². The normalized spacial score (nSPS) is 10.2. The summed E-state index contributed by atoms with van der Waals surface area (Å²) >= 11 is 3.34. The first-order chi connectivity index (χ1) is 11.6. The zero-order valence-electron chi connectivity index (χ0n) is 13.0. The van der Waals surface area contributed by atoms with Gasteiger partial charge in [-0.25, -0.2) is 0 Å². The summed E-state index contributed by atoms with van der Waals surface area (Å²) < 4.78 is 11.4. The summed E-state index contributed by atoms with van der Waals surface area (Å²) in [4.78, 5) is 11.9. The Hall–Kier alpha value is -2.78. The molecule has 5 nitrogen and oxygen atoms in total. The molecule has 0 aromatic heterocycles. The fourth-order valence-corrected chi connectivity index (χ4v) is 2.17. The molecule has 0 saturated heterocycles. The second-order valence-electron chi connectivity index (χ2n) is 4.69. The summed E-state index contributed by atoms with van der Waals surface area (Å²) in [6, 6.07) is 14.4. The number of methoxy groups -OCH3 is 1. The van der Waals surface area contributed by atoms with Crippen LogP contribution < -0.4 is 14.8 Å². The molecular weight excluding hydrogens is 372 g/mol. The molecule has 0 aliphatic heterocycles. The highest BCUT2D eigenvalue weighted by molar-refractivity contribution is 9.10. The van der Waals surface area contributed by atoms with Gasteiger partial charge in [0, 0.05) is 16.2 Å². The highest BCUT2D eigenvalue weighted by Crippen LogP contribution is 2.28. The minimum absolute atomic E-state index is 0.0544. The van der Waals surface area contributed by atoms with Crippen LogP contribution in [0.1, 0.15) is 5.56 Å². The van der Waals surface area contributed by atoms with Gasteiger partial charge in [0.1, 0.15) is 6.07 Å². The van der Waals surface area contributed by atoms with Crippen LogP contribution in [-0.2, 0) is 4.79 Å². The first-order valence-electron chi connectivity index (χ1n) is 7.05. The maximum atomic E-state index is 11.9. The molecule has 1 amide bonds. The lowest BCUT2D eigenvalue weighted by Crippen LogP contribution is -2.07. The first-order valence-corrected chi connectivity index (χ1v) is 7.84. The van der Waals surface area contributed by atoms with E-state index in [-0.39, 0.29) is 12.5 Å². The molecule has 0 radical (unpaired) electrons. The summed E-state index contributed by atoms with van der Waals surface area (Å²) in [5, 5.41) is 11.3. The number of anilines is 1. The van der Waals surface area contributed by atoms with Crippen LogP contribution in [0.2, 0.25) is 0 Å². The number of benzene rings is 2. The van der Waals surface area contributed by atoms with Crippen LogP contribution in [0.15, 0.2) is 53.0 Å². The molecular formula is C18H15BrN2O3. The van der Waals surface area contributed by atoms with Crippen molar-refractivity contribution in [3.05, 3.63) is 58.6 Å². The molecule has 1 N–H and O–H groups in total. The Kier molecular flexibility index (Phi) is 6.41. The SMILES string of the molecule is COc1cc(C=CC(=O)Nc2ccc(Br)cc2)ccc1OCC#N. The Morgan fingerprint density at radius 1 is 1.25 bits per heavy atom. The molecule has 2 rings (SSSR count). The molecule has 24 heavy (non-hydrogen) atoms. The fourth-order valence-electron chi connectivity index (χ4n) is 1.91. The molecule has 2 aromatic carbocycles. The summed E-state index contributed by atoms with van der Waals surface area (Å²) in [6.07, 6.45) is 3.11. The standard InChI is InChI=1S/C18H15BrN2O3/c1-23-17-12-13(2-8-16(17)24-11-10-20)3-9-18(22)21-15-6-4-14(19)5-7-15/h2-9,12H,11H2,1H3,(H,21,22). The second-order valence-corrected chi connectivity index (χ2v) is 5.60. The van der Waals surface area contributed by atoms with E-state index in [0.717, 1.165) is 10.0 Å². The Bertz CT molecular complexity index is 780. The van der Waals surface area contributed by atoms with Crippen molar-refractivity contribution in [1.29, 1.82) is 5.26 Å². The monoisotopic (exact) mass is 386 g/mol. The van der Waals surface area contributed by atoms with Gasteiger partial charge in [-0.1, -0.05) is 22.0 Å². The second kappa shape index (κ2) is 8.75. The van der Waals surface area contributed by atoms with Crippen LogP contribution >= 0.6 is 15.9 Å². The van der Waals surface area contributed by atoms with Crippen molar-refractivity contribution in [1.82, 2.24) is 0 Å². The van der Waals surface area contributed by atoms with Gasteiger partial charge in [-0.15, -0.1) is 0 Å². The molecule has 6 heteroatoms. The lowest BCUT2D eigenvalue weighted by atomic mass is 10.2. The molecule has 0 aliphatic carbocycles. The van der Waals surface area contributed by atoms with Crippen molar-refractivity contribution in [2.75, 3.05) is 19.0 Å². The zero-order chi connectivity index (χ0) is 17.4. The maximum Gasteiger partial charge on any atom is 0.248 e. The van der Waals surface area contributed by atoms with Crippen molar-refractivity contribution < 1.29 is 14.3 Å². The van der Waals surface area contributed by atoms with Gasteiger partial charge in [0.15, 0.2) is 18.1 Å². The number of nitrogens with one attached hydrogen (secondary N) is 1. The number of amides is 1. The number of nitriles is 1. The predicted molar refractivity (Wildman–Crippen MR) is 95.9 cm³/mol. The van der Waals surface area contributed by atoms with Gasteiger partial charge in [0.2, 0.25) is 5.91 Å². The highest BCUT2D eigenvalue weighted by Gasteiger charge is 2.05. The molecule has 0 heterocycles. The smallest absolute Gasteiger partial charge is 0.248 e. The van der Waals surface area contributed by atoms with Crippen molar-refractivity contribution in [2.45, 2.75) is 0 Å². The van der Waals surface area contributed by atoms with E-state index in [1.165, 1.54) is 13.2 Å². The number of carbonyl (C=O) groups excluding carboxylic acids is 1. The molecule has 0 bridgehead atoms. The van der Waals surface area contributed by atoms with Gasteiger partial charge in [0.25, 0.3) is 0 Å². The van der Waals surface area contributed by atoms with Crippen molar-refractivity contribution in [2.24, 2.45) is 0 Å². The van der Waals surface area contributed by atoms with Gasteiger partial charge in [-0.3, -0.25) is 4.79 Å². The quantitative estimate of drug-likeness (QED) is 0.761. The Morgan fingerprint density at radius 2 is 2.00 bits per heavy atom.